The highest BCUT2D eigenvalue weighted by Gasteiger charge is 2.29. The molecule has 20 heavy (non-hydrogen) atoms. The van der Waals surface area contributed by atoms with Crippen LogP contribution in [0.3, 0.4) is 0 Å². The maximum atomic E-state index is 12.2. The summed E-state index contributed by atoms with van der Waals surface area (Å²) in [7, 11) is -2.56. The SMILES string of the molecule is COC(=O)c1coc(S(=O)(=O)NC2CNCCC2C)c1. The van der Waals surface area contributed by atoms with Crippen LogP contribution < -0.4 is 10.0 Å². The molecule has 1 aliphatic heterocycles. The molecule has 7 nitrogen and oxygen atoms in total. The molecule has 1 aromatic rings. The van der Waals surface area contributed by atoms with Crippen LogP contribution in [0.4, 0.5) is 0 Å². The van der Waals surface area contributed by atoms with Crippen molar-refractivity contribution < 1.29 is 22.4 Å². The van der Waals surface area contributed by atoms with E-state index in [1.807, 2.05) is 6.92 Å². The largest absolute Gasteiger partial charge is 0.465 e. The first kappa shape index (κ1) is 15.0. The van der Waals surface area contributed by atoms with E-state index in [1.54, 1.807) is 0 Å². The Morgan fingerprint density at radius 3 is 2.95 bits per heavy atom. The van der Waals surface area contributed by atoms with Crippen molar-refractivity contribution in [3.8, 4) is 0 Å². The van der Waals surface area contributed by atoms with E-state index in [9.17, 15) is 13.2 Å². The first-order valence-electron chi connectivity index (χ1n) is 6.34. The van der Waals surface area contributed by atoms with E-state index in [2.05, 4.69) is 14.8 Å². The van der Waals surface area contributed by atoms with Gasteiger partial charge in [0.15, 0.2) is 0 Å². The van der Waals surface area contributed by atoms with Crippen molar-refractivity contribution in [1.82, 2.24) is 10.0 Å². The molecule has 0 radical (unpaired) electrons. The molecular weight excluding hydrogens is 284 g/mol. The van der Waals surface area contributed by atoms with E-state index in [0.717, 1.165) is 25.3 Å². The summed E-state index contributed by atoms with van der Waals surface area (Å²) in [5, 5.41) is 2.86. The van der Waals surface area contributed by atoms with Crippen molar-refractivity contribution in [3.05, 3.63) is 17.9 Å². The van der Waals surface area contributed by atoms with Crippen LogP contribution in [-0.4, -0.2) is 40.6 Å². The third kappa shape index (κ3) is 3.20. The van der Waals surface area contributed by atoms with Gasteiger partial charge in [-0.3, -0.25) is 0 Å². The molecule has 0 saturated carbocycles. The minimum atomic E-state index is -3.78. The third-order valence-electron chi connectivity index (χ3n) is 3.40. The molecule has 2 atom stereocenters. The quantitative estimate of drug-likeness (QED) is 0.779. The molecule has 1 aromatic heterocycles. The lowest BCUT2D eigenvalue weighted by atomic mass is 9.96. The van der Waals surface area contributed by atoms with Gasteiger partial charge in [-0.1, -0.05) is 6.92 Å². The van der Waals surface area contributed by atoms with Gasteiger partial charge >= 0.3 is 5.97 Å². The summed E-state index contributed by atoms with van der Waals surface area (Å²) in [6.07, 6.45) is 1.97. The first-order valence-corrected chi connectivity index (χ1v) is 7.82. The number of hydrogen-bond acceptors (Lipinski definition) is 6. The van der Waals surface area contributed by atoms with Crippen molar-refractivity contribution in [2.75, 3.05) is 20.2 Å². The number of furan rings is 1. The average molecular weight is 302 g/mol. The van der Waals surface area contributed by atoms with Crippen LogP contribution in [0.2, 0.25) is 0 Å². The fourth-order valence-corrected chi connectivity index (χ4v) is 3.37. The lowest BCUT2D eigenvalue weighted by Crippen LogP contribution is -2.50. The fourth-order valence-electron chi connectivity index (χ4n) is 2.09. The molecule has 112 valence electrons. The summed E-state index contributed by atoms with van der Waals surface area (Å²) in [4.78, 5) is 11.3. The van der Waals surface area contributed by atoms with Crippen molar-refractivity contribution in [1.29, 1.82) is 0 Å². The van der Waals surface area contributed by atoms with E-state index in [4.69, 9.17) is 4.42 Å². The molecular formula is C12H18N2O5S. The lowest BCUT2D eigenvalue weighted by molar-refractivity contribution is 0.0600. The number of carbonyl (C=O) groups is 1. The van der Waals surface area contributed by atoms with E-state index < -0.39 is 16.0 Å². The standard InChI is InChI=1S/C12H18N2O5S/c1-8-3-4-13-6-10(8)14-20(16,17)11-5-9(7-19-11)12(15)18-2/h5,7-8,10,13-14H,3-4,6H2,1-2H3. The van der Waals surface area contributed by atoms with Gasteiger partial charge in [-0.15, -0.1) is 0 Å². The highest BCUT2D eigenvalue weighted by atomic mass is 32.2. The number of esters is 1. The zero-order valence-corrected chi connectivity index (χ0v) is 12.2. The van der Waals surface area contributed by atoms with E-state index in [1.165, 1.54) is 7.11 Å². The molecule has 2 rings (SSSR count). The van der Waals surface area contributed by atoms with Crippen LogP contribution in [-0.2, 0) is 14.8 Å². The number of sulfonamides is 1. The Morgan fingerprint density at radius 2 is 2.30 bits per heavy atom. The molecule has 2 N–H and O–H groups in total. The van der Waals surface area contributed by atoms with Gasteiger partial charge in [0, 0.05) is 18.7 Å². The van der Waals surface area contributed by atoms with Gasteiger partial charge in [-0.05, 0) is 18.9 Å². The Kier molecular flexibility index (Phi) is 4.46. The fraction of sp³-hybridized carbons (Fsp3) is 0.583. The Morgan fingerprint density at radius 1 is 1.55 bits per heavy atom. The Bertz CT molecular complexity index is 580. The highest BCUT2D eigenvalue weighted by molar-refractivity contribution is 7.89. The van der Waals surface area contributed by atoms with Gasteiger partial charge in [0.05, 0.1) is 12.7 Å². The van der Waals surface area contributed by atoms with Crippen LogP contribution in [0.25, 0.3) is 0 Å². The van der Waals surface area contributed by atoms with Gasteiger partial charge in [0.2, 0.25) is 5.09 Å². The number of piperidine rings is 1. The normalized spacial score (nSPS) is 23.5. The summed E-state index contributed by atoms with van der Waals surface area (Å²) in [5.74, 6) is -0.399. The zero-order valence-electron chi connectivity index (χ0n) is 11.4. The summed E-state index contributed by atoms with van der Waals surface area (Å²) in [5.41, 5.74) is 0.0719. The Labute approximate surface area is 117 Å². The van der Waals surface area contributed by atoms with Gasteiger partial charge in [-0.2, -0.15) is 0 Å². The smallest absolute Gasteiger partial charge is 0.341 e. The topological polar surface area (TPSA) is 97.6 Å². The van der Waals surface area contributed by atoms with E-state index >= 15 is 0 Å². The van der Waals surface area contributed by atoms with Crippen LogP contribution in [0.1, 0.15) is 23.7 Å². The minimum absolute atomic E-state index is 0.0719. The van der Waals surface area contributed by atoms with Crippen molar-refractivity contribution >= 4 is 16.0 Å². The second-order valence-electron chi connectivity index (χ2n) is 4.84. The zero-order chi connectivity index (χ0) is 14.8. The molecule has 1 saturated heterocycles. The predicted molar refractivity (Wildman–Crippen MR) is 70.8 cm³/mol. The number of carbonyl (C=O) groups excluding carboxylic acids is 1. The van der Waals surface area contributed by atoms with E-state index in [-0.39, 0.29) is 22.6 Å². The molecule has 0 aromatic carbocycles. The van der Waals surface area contributed by atoms with Gasteiger partial charge < -0.3 is 14.5 Å². The maximum absolute atomic E-state index is 12.2. The van der Waals surface area contributed by atoms with Crippen molar-refractivity contribution in [2.24, 2.45) is 5.92 Å². The lowest BCUT2D eigenvalue weighted by Gasteiger charge is -2.29. The highest BCUT2D eigenvalue weighted by Crippen LogP contribution is 2.18. The average Bonchev–Trinajstić information content (AvgIpc) is 2.91. The molecule has 1 fully saturated rings. The molecule has 0 amide bonds. The third-order valence-corrected chi connectivity index (χ3v) is 4.75. The Balaban J connectivity index is 2.13. The number of nitrogens with one attached hydrogen (secondary N) is 2. The van der Waals surface area contributed by atoms with Gasteiger partial charge in [0.25, 0.3) is 10.0 Å². The van der Waals surface area contributed by atoms with Crippen molar-refractivity contribution in [2.45, 2.75) is 24.5 Å². The maximum Gasteiger partial charge on any atom is 0.341 e. The molecule has 8 heteroatoms. The second kappa shape index (κ2) is 5.94. The number of hydrogen-bond donors (Lipinski definition) is 2. The van der Waals surface area contributed by atoms with Crippen LogP contribution in [0.15, 0.2) is 21.8 Å². The first-order chi connectivity index (χ1) is 9.44. The number of rotatable bonds is 4. The molecule has 1 aliphatic rings. The molecule has 2 unspecified atom stereocenters. The van der Waals surface area contributed by atoms with Crippen LogP contribution in [0, 0.1) is 5.92 Å². The monoisotopic (exact) mass is 302 g/mol. The molecule has 0 aliphatic carbocycles. The van der Waals surface area contributed by atoms with E-state index in [0.29, 0.717) is 6.54 Å². The summed E-state index contributed by atoms with van der Waals surface area (Å²) < 4.78 is 36.4. The molecule has 0 bridgehead atoms. The number of methoxy groups -OCH3 is 1. The molecule has 2 heterocycles. The van der Waals surface area contributed by atoms with Crippen LogP contribution in [0.5, 0.6) is 0 Å². The summed E-state index contributed by atoms with van der Waals surface area (Å²) in [6, 6.07) is 0.968. The predicted octanol–water partition coefficient (Wildman–Crippen LogP) is 0.342. The van der Waals surface area contributed by atoms with Crippen LogP contribution >= 0.6 is 0 Å². The summed E-state index contributed by atoms with van der Waals surface area (Å²) >= 11 is 0. The van der Waals surface area contributed by atoms with Crippen molar-refractivity contribution in [3.63, 3.8) is 0 Å². The number of ether oxygens (including phenoxy) is 1. The van der Waals surface area contributed by atoms with Gasteiger partial charge in [0.1, 0.15) is 6.26 Å². The van der Waals surface area contributed by atoms with Gasteiger partial charge in [-0.25, -0.2) is 17.9 Å². The summed E-state index contributed by atoms with van der Waals surface area (Å²) in [6.45, 7) is 3.45. The second-order valence-corrected chi connectivity index (χ2v) is 6.49. The molecule has 0 spiro atoms. The minimum Gasteiger partial charge on any atom is -0.465 e. The Hall–Kier alpha value is -1.38.